The molecule has 0 spiro atoms. The summed E-state index contributed by atoms with van der Waals surface area (Å²) < 4.78 is 0. The highest BCUT2D eigenvalue weighted by atomic mass is 15.0. The molecule has 18 heavy (non-hydrogen) atoms. The Morgan fingerprint density at radius 2 is 2.06 bits per heavy atom. The summed E-state index contributed by atoms with van der Waals surface area (Å²) in [6.07, 6.45) is 5.31. The van der Waals surface area contributed by atoms with E-state index in [0.717, 1.165) is 25.0 Å². The van der Waals surface area contributed by atoms with E-state index in [0.29, 0.717) is 6.04 Å². The largest absolute Gasteiger partial charge is 0.313 e. The molecule has 1 saturated carbocycles. The molecule has 1 aliphatic heterocycles. The van der Waals surface area contributed by atoms with Crippen LogP contribution in [-0.2, 0) is 6.54 Å². The lowest BCUT2D eigenvalue weighted by atomic mass is 9.98. The van der Waals surface area contributed by atoms with Crippen molar-refractivity contribution < 1.29 is 0 Å². The van der Waals surface area contributed by atoms with Gasteiger partial charge in [0.1, 0.15) is 0 Å². The van der Waals surface area contributed by atoms with Crippen molar-refractivity contribution in [2.45, 2.75) is 51.2 Å². The summed E-state index contributed by atoms with van der Waals surface area (Å²) in [6.45, 7) is 4.52. The van der Waals surface area contributed by atoms with Crippen molar-refractivity contribution in [3.8, 4) is 0 Å². The molecule has 3 rings (SSSR count). The van der Waals surface area contributed by atoms with Crippen LogP contribution in [0, 0.1) is 5.92 Å². The van der Waals surface area contributed by atoms with E-state index in [1.165, 1.54) is 36.8 Å². The minimum Gasteiger partial charge on any atom is -0.313 e. The van der Waals surface area contributed by atoms with Crippen LogP contribution in [0.3, 0.4) is 0 Å². The molecule has 1 aromatic rings. The Bertz CT molecular complexity index is 402. The maximum Gasteiger partial charge on any atom is 0.0337 e. The van der Waals surface area contributed by atoms with Gasteiger partial charge in [-0.3, -0.25) is 0 Å². The summed E-state index contributed by atoms with van der Waals surface area (Å²) in [5.74, 6) is 0.904. The highest BCUT2D eigenvalue weighted by Crippen LogP contribution is 2.29. The molecule has 2 N–H and O–H groups in total. The second-order valence-corrected chi connectivity index (χ2v) is 6.00. The summed E-state index contributed by atoms with van der Waals surface area (Å²) in [5.41, 5.74) is 2.99. The maximum absolute atomic E-state index is 3.90. The number of rotatable bonds is 2. The first kappa shape index (κ1) is 12.2. The number of hydrogen-bond acceptors (Lipinski definition) is 2. The predicted molar refractivity (Wildman–Crippen MR) is 75.4 cm³/mol. The molecule has 0 amide bonds. The van der Waals surface area contributed by atoms with Crippen LogP contribution in [0.4, 0.5) is 0 Å². The Kier molecular flexibility index (Phi) is 3.67. The van der Waals surface area contributed by atoms with Gasteiger partial charge < -0.3 is 10.6 Å². The zero-order valence-corrected chi connectivity index (χ0v) is 11.3. The SMILES string of the molecule is CC1CCC(NC2CCNCc3ccccc32)C1. The van der Waals surface area contributed by atoms with Gasteiger partial charge >= 0.3 is 0 Å². The van der Waals surface area contributed by atoms with Crippen LogP contribution >= 0.6 is 0 Å². The monoisotopic (exact) mass is 244 g/mol. The van der Waals surface area contributed by atoms with E-state index >= 15 is 0 Å². The summed E-state index contributed by atoms with van der Waals surface area (Å²) in [5, 5.41) is 7.43. The fourth-order valence-electron chi connectivity index (χ4n) is 3.48. The van der Waals surface area contributed by atoms with Gasteiger partial charge in [-0.05, 0) is 49.3 Å². The van der Waals surface area contributed by atoms with Crippen molar-refractivity contribution >= 4 is 0 Å². The zero-order chi connectivity index (χ0) is 12.4. The van der Waals surface area contributed by atoms with E-state index in [9.17, 15) is 0 Å². The summed E-state index contributed by atoms with van der Waals surface area (Å²) in [6, 6.07) is 10.2. The summed E-state index contributed by atoms with van der Waals surface area (Å²) in [7, 11) is 0. The molecule has 98 valence electrons. The van der Waals surface area contributed by atoms with Gasteiger partial charge in [0.05, 0.1) is 0 Å². The number of nitrogens with one attached hydrogen (secondary N) is 2. The van der Waals surface area contributed by atoms with Crippen molar-refractivity contribution in [2.75, 3.05) is 6.54 Å². The zero-order valence-electron chi connectivity index (χ0n) is 11.3. The Morgan fingerprint density at radius 1 is 1.17 bits per heavy atom. The summed E-state index contributed by atoms with van der Waals surface area (Å²) >= 11 is 0. The van der Waals surface area contributed by atoms with Gasteiger partial charge in [0.15, 0.2) is 0 Å². The van der Waals surface area contributed by atoms with Crippen LogP contribution in [-0.4, -0.2) is 12.6 Å². The topological polar surface area (TPSA) is 24.1 Å². The third-order valence-electron chi connectivity index (χ3n) is 4.49. The first-order chi connectivity index (χ1) is 8.83. The Balaban J connectivity index is 1.75. The van der Waals surface area contributed by atoms with E-state index in [1.54, 1.807) is 0 Å². The van der Waals surface area contributed by atoms with Gasteiger partial charge in [-0.25, -0.2) is 0 Å². The molecule has 1 heterocycles. The molecule has 1 fully saturated rings. The maximum atomic E-state index is 3.90. The smallest absolute Gasteiger partial charge is 0.0337 e. The fourth-order valence-corrected chi connectivity index (χ4v) is 3.48. The first-order valence-corrected chi connectivity index (χ1v) is 7.37. The van der Waals surface area contributed by atoms with Gasteiger partial charge in [0, 0.05) is 18.6 Å². The third kappa shape index (κ3) is 2.60. The molecule has 0 saturated heterocycles. The fraction of sp³-hybridized carbons (Fsp3) is 0.625. The molecule has 2 aliphatic rings. The molecule has 2 heteroatoms. The van der Waals surface area contributed by atoms with Crippen LogP contribution < -0.4 is 10.6 Å². The molecule has 0 aromatic heterocycles. The molecular weight excluding hydrogens is 220 g/mol. The van der Waals surface area contributed by atoms with Crippen LogP contribution in [0.15, 0.2) is 24.3 Å². The molecule has 0 radical (unpaired) electrons. The molecule has 3 atom stereocenters. The summed E-state index contributed by atoms with van der Waals surface area (Å²) in [4.78, 5) is 0. The van der Waals surface area contributed by atoms with Crippen molar-refractivity contribution in [3.05, 3.63) is 35.4 Å². The van der Waals surface area contributed by atoms with Crippen molar-refractivity contribution in [2.24, 2.45) is 5.92 Å². The molecule has 1 aromatic carbocycles. The Labute approximate surface area is 110 Å². The molecule has 3 unspecified atom stereocenters. The van der Waals surface area contributed by atoms with Gasteiger partial charge in [-0.2, -0.15) is 0 Å². The molecule has 0 bridgehead atoms. The second-order valence-electron chi connectivity index (χ2n) is 6.00. The van der Waals surface area contributed by atoms with Crippen LogP contribution in [0.1, 0.15) is 49.8 Å². The van der Waals surface area contributed by atoms with Crippen molar-refractivity contribution in [1.82, 2.24) is 10.6 Å². The first-order valence-electron chi connectivity index (χ1n) is 7.37. The van der Waals surface area contributed by atoms with Crippen LogP contribution in [0.2, 0.25) is 0 Å². The minimum atomic E-state index is 0.548. The van der Waals surface area contributed by atoms with E-state index in [-0.39, 0.29) is 0 Å². The lowest BCUT2D eigenvalue weighted by molar-refractivity contribution is 0.412. The average molecular weight is 244 g/mol. The van der Waals surface area contributed by atoms with E-state index in [4.69, 9.17) is 0 Å². The second kappa shape index (κ2) is 5.41. The highest BCUT2D eigenvalue weighted by molar-refractivity contribution is 5.31. The number of hydrogen-bond donors (Lipinski definition) is 2. The van der Waals surface area contributed by atoms with Crippen molar-refractivity contribution in [3.63, 3.8) is 0 Å². The van der Waals surface area contributed by atoms with Crippen molar-refractivity contribution in [1.29, 1.82) is 0 Å². The predicted octanol–water partition coefficient (Wildman–Crippen LogP) is 3.00. The molecule has 2 nitrogen and oxygen atoms in total. The quantitative estimate of drug-likeness (QED) is 0.835. The van der Waals surface area contributed by atoms with Gasteiger partial charge in [-0.15, -0.1) is 0 Å². The number of benzene rings is 1. The van der Waals surface area contributed by atoms with E-state index in [1.807, 2.05) is 0 Å². The minimum absolute atomic E-state index is 0.548. The highest BCUT2D eigenvalue weighted by Gasteiger charge is 2.25. The van der Waals surface area contributed by atoms with E-state index < -0.39 is 0 Å². The van der Waals surface area contributed by atoms with Crippen LogP contribution in [0.25, 0.3) is 0 Å². The number of fused-ring (bicyclic) bond motifs is 1. The lowest BCUT2D eigenvalue weighted by Gasteiger charge is -2.23. The van der Waals surface area contributed by atoms with Gasteiger partial charge in [-0.1, -0.05) is 31.2 Å². The average Bonchev–Trinajstić information content (AvgIpc) is 2.68. The van der Waals surface area contributed by atoms with Crippen LogP contribution in [0.5, 0.6) is 0 Å². The molecule has 1 aliphatic carbocycles. The molecular formula is C16H24N2. The third-order valence-corrected chi connectivity index (χ3v) is 4.49. The standard InChI is InChI=1S/C16H24N2/c1-12-6-7-14(10-12)18-16-8-9-17-11-13-4-2-3-5-15(13)16/h2-5,12,14,16-18H,6-11H2,1H3. The van der Waals surface area contributed by atoms with Gasteiger partial charge in [0.25, 0.3) is 0 Å². The van der Waals surface area contributed by atoms with Gasteiger partial charge in [0.2, 0.25) is 0 Å². The normalized spacial score (nSPS) is 31.9. The Hall–Kier alpha value is -0.860. The van der Waals surface area contributed by atoms with E-state index in [2.05, 4.69) is 41.8 Å². The lowest BCUT2D eigenvalue weighted by Crippen LogP contribution is -2.31. The Morgan fingerprint density at radius 3 is 2.89 bits per heavy atom.